The van der Waals surface area contributed by atoms with Crippen molar-refractivity contribution >= 4 is 29.9 Å². The van der Waals surface area contributed by atoms with Gasteiger partial charge >= 0.3 is 0 Å². The first-order chi connectivity index (χ1) is 13.4. The summed E-state index contributed by atoms with van der Waals surface area (Å²) in [4.78, 5) is 17.5. The molecule has 164 valence electrons. The Balaban J connectivity index is 0.00000300. The minimum absolute atomic E-state index is 0. The zero-order valence-corrected chi connectivity index (χ0v) is 19.5. The number of carbonyl (C=O) groups excluding carboxylic acids is 1. The molecule has 2 fully saturated rings. The summed E-state index contributed by atoms with van der Waals surface area (Å²) in [6.07, 6.45) is 6.16. The van der Waals surface area contributed by atoms with Crippen LogP contribution in [0, 0.1) is 13.8 Å². The number of hydrogen-bond donors (Lipinski definition) is 1. The zero-order valence-electron chi connectivity index (χ0n) is 17.9. The minimum Gasteiger partial charge on any atom is -0.484 e. The molecule has 1 saturated heterocycles. The molecule has 2 aliphatic rings. The molecular weight excluding hydrogens is 409 g/mol. The van der Waals surface area contributed by atoms with Crippen molar-refractivity contribution in [1.82, 2.24) is 15.1 Å². The lowest BCUT2D eigenvalue weighted by molar-refractivity contribution is -0.124. The molecule has 1 aromatic carbocycles. The Kier molecular flexibility index (Phi) is 9.08. The average Bonchev–Trinajstić information content (AvgIpc) is 2.70. The molecular formula is C22H35Cl2N3O2. The van der Waals surface area contributed by atoms with Crippen LogP contribution in [0.15, 0.2) is 12.1 Å². The van der Waals surface area contributed by atoms with Gasteiger partial charge in [-0.3, -0.25) is 9.69 Å². The van der Waals surface area contributed by atoms with Gasteiger partial charge in [0.05, 0.1) is 0 Å². The van der Waals surface area contributed by atoms with E-state index in [0.29, 0.717) is 5.75 Å². The van der Waals surface area contributed by atoms with Crippen molar-refractivity contribution in [3.05, 3.63) is 28.3 Å². The van der Waals surface area contributed by atoms with Gasteiger partial charge in [0.15, 0.2) is 6.61 Å². The number of nitrogens with zero attached hydrogens (tertiary/aromatic N) is 2. The summed E-state index contributed by atoms with van der Waals surface area (Å²) < 4.78 is 5.73. The van der Waals surface area contributed by atoms with Crippen molar-refractivity contribution in [2.24, 2.45) is 0 Å². The van der Waals surface area contributed by atoms with E-state index < -0.39 is 0 Å². The summed E-state index contributed by atoms with van der Waals surface area (Å²) in [6, 6.07) is 3.77. The fourth-order valence-electron chi connectivity index (χ4n) is 4.55. The van der Waals surface area contributed by atoms with Gasteiger partial charge in [-0.25, -0.2) is 0 Å². The Bertz CT molecular complexity index is 662. The highest BCUT2D eigenvalue weighted by molar-refractivity contribution is 6.32. The topological polar surface area (TPSA) is 44.8 Å². The largest absolute Gasteiger partial charge is 0.484 e. The number of nitrogens with one attached hydrogen (secondary N) is 1. The minimum atomic E-state index is -0.0515. The van der Waals surface area contributed by atoms with Crippen LogP contribution in [0.1, 0.15) is 43.2 Å². The van der Waals surface area contributed by atoms with Crippen molar-refractivity contribution in [3.8, 4) is 5.75 Å². The fourth-order valence-corrected chi connectivity index (χ4v) is 4.66. The van der Waals surface area contributed by atoms with E-state index in [-0.39, 0.29) is 30.5 Å². The molecule has 1 heterocycles. The highest BCUT2D eigenvalue weighted by Gasteiger charge is 2.39. The predicted molar refractivity (Wildman–Crippen MR) is 122 cm³/mol. The van der Waals surface area contributed by atoms with Crippen molar-refractivity contribution < 1.29 is 9.53 Å². The summed E-state index contributed by atoms with van der Waals surface area (Å²) in [5, 5.41) is 3.92. The van der Waals surface area contributed by atoms with E-state index in [0.717, 1.165) is 48.9 Å². The first kappa shape index (κ1) is 24.3. The molecule has 3 rings (SSSR count). The van der Waals surface area contributed by atoms with Gasteiger partial charge in [-0.05, 0) is 57.0 Å². The van der Waals surface area contributed by atoms with E-state index in [2.05, 4.69) is 22.2 Å². The third-order valence-corrected chi connectivity index (χ3v) is 6.95. The van der Waals surface area contributed by atoms with Gasteiger partial charge in [0.1, 0.15) is 5.75 Å². The SMILES string of the molecule is Cc1cc(OCC(=O)NCC2(N3CCN(C)CC3)CCCCC2)cc(C)c1Cl.Cl. The molecule has 0 atom stereocenters. The van der Waals surface area contributed by atoms with Crippen molar-refractivity contribution in [2.45, 2.75) is 51.5 Å². The lowest BCUT2D eigenvalue weighted by Gasteiger charge is -2.49. The molecule has 1 aliphatic carbocycles. The molecule has 0 spiro atoms. The zero-order chi connectivity index (χ0) is 20.1. The number of benzene rings is 1. The van der Waals surface area contributed by atoms with Crippen LogP contribution in [0.5, 0.6) is 5.75 Å². The molecule has 0 bridgehead atoms. The number of piperazine rings is 1. The average molecular weight is 444 g/mol. The van der Waals surface area contributed by atoms with E-state index in [1.165, 1.54) is 32.1 Å². The van der Waals surface area contributed by atoms with E-state index in [4.69, 9.17) is 16.3 Å². The molecule has 5 nitrogen and oxygen atoms in total. The Morgan fingerprint density at radius 3 is 2.28 bits per heavy atom. The van der Waals surface area contributed by atoms with Gasteiger partial charge in [-0.1, -0.05) is 30.9 Å². The Labute approximate surface area is 186 Å². The molecule has 1 aliphatic heterocycles. The summed E-state index contributed by atoms with van der Waals surface area (Å²) in [6.45, 7) is 9.05. The molecule has 29 heavy (non-hydrogen) atoms. The maximum absolute atomic E-state index is 12.5. The van der Waals surface area contributed by atoms with Crippen molar-refractivity contribution in [1.29, 1.82) is 0 Å². The maximum Gasteiger partial charge on any atom is 0.258 e. The van der Waals surface area contributed by atoms with Crippen LogP contribution >= 0.6 is 24.0 Å². The van der Waals surface area contributed by atoms with Crippen molar-refractivity contribution in [3.63, 3.8) is 0 Å². The second kappa shape index (κ2) is 10.9. The lowest BCUT2D eigenvalue weighted by atomic mass is 9.79. The molecule has 1 N–H and O–H groups in total. The van der Waals surface area contributed by atoms with Gasteiger partial charge in [-0.15, -0.1) is 12.4 Å². The standard InChI is InChI=1S/C22H34ClN3O2.ClH/c1-17-13-19(14-18(2)21(17)23)28-15-20(27)24-16-22(7-5-4-6-8-22)26-11-9-25(3)10-12-26;/h13-14H,4-12,15-16H2,1-3H3,(H,24,27);1H. The lowest BCUT2D eigenvalue weighted by Crippen LogP contribution is -2.61. The number of likely N-dealkylation sites (N-methyl/N-ethyl adjacent to an activating group) is 1. The van der Waals surface area contributed by atoms with Crippen LogP contribution in [0.25, 0.3) is 0 Å². The number of ether oxygens (including phenoxy) is 1. The molecule has 1 saturated carbocycles. The fraction of sp³-hybridized carbons (Fsp3) is 0.682. The van der Waals surface area contributed by atoms with Gasteiger partial charge < -0.3 is 15.0 Å². The summed E-state index contributed by atoms with van der Waals surface area (Å²) in [5.74, 6) is 0.644. The van der Waals surface area contributed by atoms with Crippen LogP contribution in [0.2, 0.25) is 5.02 Å². The number of carbonyl (C=O) groups is 1. The molecule has 0 radical (unpaired) electrons. The maximum atomic E-state index is 12.5. The van der Waals surface area contributed by atoms with Crippen LogP contribution < -0.4 is 10.1 Å². The Hall–Kier alpha value is -1.01. The molecule has 1 aromatic rings. The quantitative estimate of drug-likeness (QED) is 0.725. The molecule has 0 aromatic heterocycles. The second-order valence-corrected chi connectivity index (χ2v) is 8.89. The first-order valence-corrected chi connectivity index (χ1v) is 10.9. The Morgan fingerprint density at radius 1 is 1.10 bits per heavy atom. The van der Waals surface area contributed by atoms with Crippen molar-refractivity contribution in [2.75, 3.05) is 46.4 Å². The third-order valence-electron chi connectivity index (χ3n) is 6.35. The number of hydrogen-bond acceptors (Lipinski definition) is 4. The van der Waals surface area contributed by atoms with Crippen LogP contribution in [0.4, 0.5) is 0 Å². The van der Waals surface area contributed by atoms with E-state index in [1.54, 1.807) is 0 Å². The Morgan fingerprint density at radius 2 is 1.69 bits per heavy atom. The van der Waals surface area contributed by atoms with Gasteiger partial charge in [0, 0.05) is 43.3 Å². The van der Waals surface area contributed by atoms with Gasteiger partial charge in [0.2, 0.25) is 0 Å². The van der Waals surface area contributed by atoms with E-state index in [9.17, 15) is 4.79 Å². The van der Waals surface area contributed by atoms with Crippen LogP contribution in [-0.4, -0.2) is 67.6 Å². The predicted octanol–water partition coefficient (Wildman–Crippen LogP) is 3.82. The second-order valence-electron chi connectivity index (χ2n) is 8.51. The molecule has 0 unspecified atom stereocenters. The van der Waals surface area contributed by atoms with E-state index in [1.807, 2.05) is 26.0 Å². The smallest absolute Gasteiger partial charge is 0.258 e. The number of aryl methyl sites for hydroxylation is 2. The number of rotatable bonds is 6. The highest BCUT2D eigenvalue weighted by atomic mass is 35.5. The summed E-state index contributed by atoms with van der Waals surface area (Å²) >= 11 is 6.20. The summed E-state index contributed by atoms with van der Waals surface area (Å²) in [5.41, 5.74) is 2.05. The highest BCUT2D eigenvalue weighted by Crippen LogP contribution is 2.34. The number of amides is 1. The van der Waals surface area contributed by atoms with Crippen LogP contribution in [-0.2, 0) is 4.79 Å². The van der Waals surface area contributed by atoms with E-state index >= 15 is 0 Å². The van der Waals surface area contributed by atoms with Gasteiger partial charge in [-0.2, -0.15) is 0 Å². The summed E-state index contributed by atoms with van der Waals surface area (Å²) in [7, 11) is 2.18. The third kappa shape index (κ3) is 6.24. The molecule has 7 heteroatoms. The molecule has 1 amide bonds. The first-order valence-electron chi connectivity index (χ1n) is 10.5. The van der Waals surface area contributed by atoms with Gasteiger partial charge in [0.25, 0.3) is 5.91 Å². The van der Waals surface area contributed by atoms with Crippen LogP contribution in [0.3, 0.4) is 0 Å². The normalized spacial score (nSPS) is 20.0. The monoisotopic (exact) mass is 443 g/mol. The number of halogens is 2.